The number of methoxy groups -OCH3 is 1. The summed E-state index contributed by atoms with van der Waals surface area (Å²) in [5.41, 5.74) is 3.64. The summed E-state index contributed by atoms with van der Waals surface area (Å²) in [5, 5.41) is 20.1. The average Bonchev–Trinajstić information content (AvgIpc) is 3.37. The van der Waals surface area contributed by atoms with Gasteiger partial charge in [-0.15, -0.1) is 0 Å². The second kappa shape index (κ2) is 10.5. The first kappa shape index (κ1) is 24.6. The maximum atomic E-state index is 10.4. The minimum absolute atomic E-state index is 0.00136. The average molecular weight is 502 g/mol. The van der Waals surface area contributed by atoms with Crippen molar-refractivity contribution < 1.29 is 23.7 Å². The maximum absolute atomic E-state index is 10.4. The quantitative estimate of drug-likeness (QED) is 0.372. The number of rotatable bonds is 7. The van der Waals surface area contributed by atoms with Gasteiger partial charge >= 0.3 is 0 Å². The molecule has 0 aliphatic carbocycles. The molecule has 0 spiro atoms. The molecule has 37 heavy (non-hydrogen) atoms. The molecule has 1 atom stereocenters. The molecule has 0 amide bonds. The van der Waals surface area contributed by atoms with E-state index >= 15 is 0 Å². The smallest absolute Gasteiger partial charge is 0.183 e. The van der Waals surface area contributed by atoms with Crippen molar-refractivity contribution in [2.24, 2.45) is 0 Å². The van der Waals surface area contributed by atoms with Crippen LogP contribution < -0.4 is 9.47 Å². The van der Waals surface area contributed by atoms with Gasteiger partial charge < -0.3 is 23.7 Å². The van der Waals surface area contributed by atoms with Crippen molar-refractivity contribution in [2.45, 2.75) is 25.2 Å². The molecule has 10 heteroatoms. The van der Waals surface area contributed by atoms with Gasteiger partial charge in [-0.3, -0.25) is 9.88 Å². The zero-order chi connectivity index (χ0) is 25.9. The molecule has 4 aromatic heterocycles. The summed E-state index contributed by atoms with van der Waals surface area (Å²) in [4.78, 5) is 15.2. The van der Waals surface area contributed by atoms with Crippen LogP contribution in [0.25, 0.3) is 33.8 Å². The minimum Gasteiger partial charge on any atom is -0.494 e. The number of aromatic nitrogens is 3. The van der Waals surface area contributed by atoms with Crippen LogP contribution in [0.5, 0.6) is 11.5 Å². The van der Waals surface area contributed by atoms with E-state index in [1.165, 1.54) is 7.11 Å². The number of nitrogens with zero attached hydrogens (tertiary/aromatic N) is 5. The van der Waals surface area contributed by atoms with Crippen molar-refractivity contribution >= 4 is 11.1 Å². The van der Waals surface area contributed by atoms with Gasteiger partial charge in [-0.2, -0.15) is 5.26 Å². The fraction of sp³-hybridized carbons (Fsp3) is 0.333. The predicted octanol–water partition coefficient (Wildman–Crippen LogP) is 3.94. The van der Waals surface area contributed by atoms with Crippen molar-refractivity contribution in [3.8, 4) is 40.3 Å². The molecule has 5 rings (SSSR count). The van der Waals surface area contributed by atoms with Crippen LogP contribution in [0.3, 0.4) is 0 Å². The lowest BCUT2D eigenvalue weighted by Gasteiger charge is -2.23. The number of furan rings is 1. The minimum atomic E-state index is -0.821. The monoisotopic (exact) mass is 501 g/mol. The zero-order valence-corrected chi connectivity index (χ0v) is 20.8. The van der Waals surface area contributed by atoms with Gasteiger partial charge in [0.2, 0.25) is 0 Å². The summed E-state index contributed by atoms with van der Waals surface area (Å²) in [6.07, 6.45) is 3.98. The molecule has 10 nitrogen and oxygen atoms in total. The summed E-state index contributed by atoms with van der Waals surface area (Å²) in [7, 11) is 5.08. The highest BCUT2D eigenvalue weighted by Gasteiger charge is 2.21. The van der Waals surface area contributed by atoms with E-state index in [0.29, 0.717) is 64.1 Å². The van der Waals surface area contributed by atoms with Crippen LogP contribution in [-0.2, 0) is 4.74 Å². The Balaban J connectivity index is 1.50. The van der Waals surface area contributed by atoms with Crippen LogP contribution in [0.4, 0.5) is 0 Å². The lowest BCUT2D eigenvalue weighted by Crippen LogP contribution is -2.26. The molecule has 5 heterocycles. The van der Waals surface area contributed by atoms with E-state index in [-0.39, 0.29) is 11.8 Å². The van der Waals surface area contributed by atoms with Crippen LogP contribution in [0.1, 0.15) is 30.3 Å². The van der Waals surface area contributed by atoms with E-state index in [2.05, 4.69) is 21.0 Å². The Morgan fingerprint density at radius 1 is 1.14 bits per heavy atom. The second-order valence-electron chi connectivity index (χ2n) is 8.92. The van der Waals surface area contributed by atoms with Crippen molar-refractivity contribution in [3.63, 3.8) is 0 Å². The molecule has 0 saturated carbocycles. The summed E-state index contributed by atoms with van der Waals surface area (Å²) in [6.45, 7) is 1.29. The zero-order valence-electron chi connectivity index (χ0n) is 20.8. The first-order valence-corrected chi connectivity index (χ1v) is 11.9. The Kier molecular flexibility index (Phi) is 7.01. The number of nitriles is 1. The topological polar surface area (TPSA) is 127 Å². The van der Waals surface area contributed by atoms with Crippen LogP contribution >= 0.6 is 0 Å². The predicted molar refractivity (Wildman–Crippen MR) is 135 cm³/mol. The third-order valence-corrected chi connectivity index (χ3v) is 6.23. The first-order chi connectivity index (χ1) is 18.0. The lowest BCUT2D eigenvalue weighted by atomic mass is 10.1. The van der Waals surface area contributed by atoms with Crippen molar-refractivity contribution in [1.82, 2.24) is 19.9 Å². The van der Waals surface area contributed by atoms with Crippen LogP contribution in [-0.4, -0.2) is 65.5 Å². The Bertz CT molecular complexity index is 1460. The van der Waals surface area contributed by atoms with Gasteiger partial charge in [-0.05, 0) is 38.4 Å². The van der Waals surface area contributed by atoms with E-state index in [0.717, 1.165) is 12.8 Å². The first-order valence-electron chi connectivity index (χ1n) is 11.9. The van der Waals surface area contributed by atoms with Gasteiger partial charge in [0.05, 0.1) is 26.0 Å². The number of fused-ring (bicyclic) bond motifs is 1. The maximum Gasteiger partial charge on any atom is 0.183 e. The molecule has 1 fully saturated rings. The second-order valence-corrected chi connectivity index (χ2v) is 8.92. The van der Waals surface area contributed by atoms with E-state index < -0.39 is 6.23 Å². The van der Waals surface area contributed by atoms with Crippen molar-refractivity contribution in [1.29, 1.82) is 5.26 Å². The largest absolute Gasteiger partial charge is 0.494 e. The Labute approximate surface area is 214 Å². The third kappa shape index (κ3) is 4.97. The highest BCUT2D eigenvalue weighted by atomic mass is 16.5. The molecule has 1 aliphatic heterocycles. The molecule has 1 aliphatic rings. The molecular formula is C27H27N5O5. The fourth-order valence-corrected chi connectivity index (χ4v) is 4.24. The molecule has 1 unspecified atom stereocenters. The molecule has 0 radical (unpaired) electrons. The Morgan fingerprint density at radius 2 is 1.95 bits per heavy atom. The van der Waals surface area contributed by atoms with E-state index in [1.54, 1.807) is 55.7 Å². The number of pyridine rings is 3. The molecule has 1 N–H and O–H groups in total. The summed E-state index contributed by atoms with van der Waals surface area (Å²) < 4.78 is 23.2. The van der Waals surface area contributed by atoms with Gasteiger partial charge in [0.25, 0.3) is 0 Å². The Hall–Kier alpha value is -4.04. The van der Waals surface area contributed by atoms with Gasteiger partial charge in [-0.25, -0.2) is 9.97 Å². The molecule has 1 saturated heterocycles. The van der Waals surface area contributed by atoms with Crippen molar-refractivity contribution in [3.05, 3.63) is 54.0 Å². The van der Waals surface area contributed by atoms with Gasteiger partial charge in [-0.1, -0.05) is 0 Å². The number of hydrogen-bond donors (Lipinski definition) is 1. The Morgan fingerprint density at radius 3 is 2.68 bits per heavy atom. The number of aliphatic hydroxyl groups excluding tert-OH is 1. The number of ether oxygens (including phenoxy) is 3. The summed E-state index contributed by atoms with van der Waals surface area (Å²) in [6, 6.07) is 11.0. The van der Waals surface area contributed by atoms with Crippen LogP contribution in [0.15, 0.2) is 47.1 Å². The van der Waals surface area contributed by atoms with E-state index in [1.807, 2.05) is 6.07 Å². The summed E-state index contributed by atoms with van der Waals surface area (Å²) >= 11 is 0. The highest BCUT2D eigenvalue weighted by molar-refractivity contribution is 5.91. The van der Waals surface area contributed by atoms with Gasteiger partial charge in [0.1, 0.15) is 35.4 Å². The van der Waals surface area contributed by atoms with Gasteiger partial charge in [0.15, 0.2) is 22.8 Å². The van der Waals surface area contributed by atoms with Crippen LogP contribution in [0.2, 0.25) is 0 Å². The summed E-state index contributed by atoms with van der Waals surface area (Å²) in [5.74, 6) is 1.37. The molecule has 0 aromatic carbocycles. The van der Waals surface area contributed by atoms with Gasteiger partial charge in [0, 0.05) is 42.4 Å². The normalized spacial score (nSPS) is 15.0. The highest BCUT2D eigenvalue weighted by Crippen LogP contribution is 2.37. The van der Waals surface area contributed by atoms with Crippen LogP contribution in [0, 0.1) is 11.3 Å². The van der Waals surface area contributed by atoms with Crippen molar-refractivity contribution in [2.75, 3.05) is 34.4 Å². The third-order valence-electron chi connectivity index (χ3n) is 6.23. The number of hydrogen-bond acceptors (Lipinski definition) is 10. The lowest BCUT2D eigenvalue weighted by molar-refractivity contribution is 0.0253. The molecular weight excluding hydrogens is 474 g/mol. The number of aliphatic hydroxyl groups is 1. The standard InChI is InChI=1S/C27H27N5O5/c1-32(2)27(33)16-12-23(34-3)25(30-15-16)24-13-20-26(37-24)18(6-9-29-20)19-4-5-22(21(14-28)31-19)36-17-7-10-35-11-8-17/h4-6,9,12-13,15,17,27,33H,7-8,10-11H2,1-3H3. The van der Waals surface area contributed by atoms with E-state index in [9.17, 15) is 10.4 Å². The molecule has 190 valence electrons. The molecule has 0 bridgehead atoms. The SMILES string of the molecule is COc1cc(C(O)N(C)C)cnc1-c1cc2nccc(-c3ccc(OC4CCOCC4)c(C#N)n3)c2o1. The molecule has 4 aromatic rings. The van der Waals surface area contributed by atoms with E-state index in [4.69, 9.17) is 18.6 Å². The fourth-order valence-electron chi connectivity index (χ4n) is 4.24.